The number of primary amides is 1. The smallest absolute Gasteiger partial charge is 0.303 e. The summed E-state index contributed by atoms with van der Waals surface area (Å²) in [5.41, 5.74) is 6.59. The minimum absolute atomic E-state index is 0.0697. The Morgan fingerprint density at radius 1 is 1.33 bits per heavy atom. The molecule has 0 saturated heterocycles. The molecule has 0 saturated carbocycles. The normalized spacial score (nSPS) is 12.0. The lowest BCUT2D eigenvalue weighted by atomic mass is 10.0. The number of amides is 2. The minimum atomic E-state index is -0.937. The SMILES string of the molecule is CCc1c(C)sc(NC(=O)C[C@H](C)CC(=O)O)c1C(N)=O. The summed E-state index contributed by atoms with van der Waals surface area (Å²) in [7, 11) is 0. The largest absolute Gasteiger partial charge is 0.481 e. The van der Waals surface area contributed by atoms with Crippen LogP contribution in [0.1, 0.15) is 47.5 Å². The van der Waals surface area contributed by atoms with E-state index in [1.54, 1.807) is 6.92 Å². The molecule has 0 spiro atoms. The number of carbonyl (C=O) groups excluding carboxylic acids is 2. The first kappa shape index (κ1) is 17.2. The Morgan fingerprint density at radius 2 is 1.95 bits per heavy atom. The summed E-state index contributed by atoms with van der Waals surface area (Å²) in [4.78, 5) is 35.0. The number of carbonyl (C=O) groups is 3. The molecule has 2 amide bonds. The highest BCUT2D eigenvalue weighted by Gasteiger charge is 2.21. The van der Waals surface area contributed by atoms with Gasteiger partial charge in [-0.25, -0.2) is 0 Å². The van der Waals surface area contributed by atoms with E-state index in [0.717, 1.165) is 10.4 Å². The van der Waals surface area contributed by atoms with Gasteiger partial charge in [0, 0.05) is 17.7 Å². The van der Waals surface area contributed by atoms with Gasteiger partial charge in [0.1, 0.15) is 5.00 Å². The van der Waals surface area contributed by atoms with E-state index >= 15 is 0 Å². The molecule has 1 atom stereocenters. The maximum Gasteiger partial charge on any atom is 0.303 e. The topological polar surface area (TPSA) is 109 Å². The van der Waals surface area contributed by atoms with Gasteiger partial charge in [-0.2, -0.15) is 0 Å². The van der Waals surface area contributed by atoms with E-state index in [9.17, 15) is 14.4 Å². The number of nitrogens with two attached hydrogens (primary N) is 1. The third kappa shape index (κ3) is 4.56. The molecule has 0 fully saturated rings. The second-order valence-corrected chi connectivity index (χ2v) is 6.24. The summed E-state index contributed by atoms with van der Waals surface area (Å²) in [5, 5.41) is 11.8. The van der Waals surface area contributed by atoms with E-state index in [1.165, 1.54) is 11.3 Å². The molecule has 0 radical (unpaired) electrons. The number of rotatable bonds is 7. The van der Waals surface area contributed by atoms with Crippen molar-refractivity contribution in [1.29, 1.82) is 0 Å². The first-order valence-electron chi connectivity index (χ1n) is 6.69. The van der Waals surface area contributed by atoms with Crippen molar-refractivity contribution >= 4 is 34.1 Å². The lowest BCUT2D eigenvalue weighted by molar-refractivity contribution is -0.138. The van der Waals surface area contributed by atoms with Gasteiger partial charge >= 0.3 is 5.97 Å². The molecular formula is C14H20N2O4S. The highest BCUT2D eigenvalue weighted by Crippen LogP contribution is 2.33. The fourth-order valence-electron chi connectivity index (χ4n) is 2.22. The van der Waals surface area contributed by atoms with Gasteiger partial charge in [-0.3, -0.25) is 14.4 Å². The predicted octanol–water partition coefficient (Wildman–Crippen LogP) is 2.16. The van der Waals surface area contributed by atoms with Crippen LogP contribution in [0, 0.1) is 12.8 Å². The Labute approximate surface area is 127 Å². The highest BCUT2D eigenvalue weighted by atomic mass is 32.1. The van der Waals surface area contributed by atoms with Crippen LogP contribution in [0.4, 0.5) is 5.00 Å². The van der Waals surface area contributed by atoms with Crippen LogP contribution >= 0.6 is 11.3 Å². The van der Waals surface area contributed by atoms with Crippen molar-refractivity contribution in [3.63, 3.8) is 0 Å². The summed E-state index contributed by atoms with van der Waals surface area (Å²) < 4.78 is 0. The Bertz CT molecular complexity index is 566. The lowest BCUT2D eigenvalue weighted by Crippen LogP contribution is -2.20. The van der Waals surface area contributed by atoms with Gasteiger partial charge in [-0.05, 0) is 24.8 Å². The number of aryl methyl sites for hydroxylation is 1. The maximum atomic E-state index is 11.9. The molecule has 1 aromatic heterocycles. The van der Waals surface area contributed by atoms with Gasteiger partial charge in [0.25, 0.3) is 5.91 Å². The van der Waals surface area contributed by atoms with E-state index < -0.39 is 11.9 Å². The van der Waals surface area contributed by atoms with E-state index in [0.29, 0.717) is 17.0 Å². The summed E-state index contributed by atoms with van der Waals surface area (Å²) in [6.07, 6.45) is 0.675. The third-order valence-corrected chi connectivity index (χ3v) is 4.18. The standard InChI is InChI=1S/C14H20N2O4S/c1-4-9-8(3)21-14(12(9)13(15)20)16-10(17)5-7(2)6-11(18)19/h7H,4-6H2,1-3H3,(H2,15,20)(H,16,17)(H,18,19)/t7-/m0/s1. The lowest BCUT2D eigenvalue weighted by Gasteiger charge is -2.09. The van der Waals surface area contributed by atoms with Crippen LogP contribution in [0.25, 0.3) is 0 Å². The van der Waals surface area contributed by atoms with E-state index in [-0.39, 0.29) is 24.7 Å². The fraction of sp³-hybridized carbons (Fsp3) is 0.500. The van der Waals surface area contributed by atoms with Crippen molar-refractivity contribution in [2.24, 2.45) is 11.7 Å². The molecule has 0 aliphatic carbocycles. The Hall–Kier alpha value is -1.89. The molecule has 0 aromatic carbocycles. The number of aliphatic carboxylic acids is 1. The molecule has 0 bridgehead atoms. The average molecular weight is 312 g/mol. The number of hydrogen-bond acceptors (Lipinski definition) is 4. The van der Waals surface area contributed by atoms with Crippen molar-refractivity contribution in [1.82, 2.24) is 0 Å². The summed E-state index contributed by atoms with van der Waals surface area (Å²) >= 11 is 1.31. The molecule has 0 unspecified atom stereocenters. The van der Waals surface area contributed by atoms with Crippen molar-refractivity contribution in [2.75, 3.05) is 5.32 Å². The molecule has 4 N–H and O–H groups in total. The average Bonchev–Trinajstić information content (AvgIpc) is 2.63. The van der Waals surface area contributed by atoms with Gasteiger partial charge < -0.3 is 16.2 Å². The maximum absolute atomic E-state index is 11.9. The van der Waals surface area contributed by atoms with Crippen LogP contribution in [0.3, 0.4) is 0 Å². The quantitative estimate of drug-likeness (QED) is 0.716. The summed E-state index contributed by atoms with van der Waals surface area (Å²) in [5.74, 6) is -2.08. The van der Waals surface area contributed by atoms with Gasteiger partial charge in [-0.15, -0.1) is 11.3 Å². The number of hydrogen-bond donors (Lipinski definition) is 3. The van der Waals surface area contributed by atoms with Crippen LogP contribution < -0.4 is 11.1 Å². The zero-order chi connectivity index (χ0) is 16.2. The highest BCUT2D eigenvalue weighted by molar-refractivity contribution is 7.16. The molecule has 7 heteroatoms. The third-order valence-electron chi connectivity index (χ3n) is 3.12. The molecular weight excluding hydrogens is 292 g/mol. The van der Waals surface area contributed by atoms with Gasteiger partial charge in [0.2, 0.25) is 5.91 Å². The van der Waals surface area contributed by atoms with Crippen molar-refractivity contribution in [3.8, 4) is 0 Å². The Kier molecular flexibility index (Phi) is 5.90. The summed E-state index contributed by atoms with van der Waals surface area (Å²) in [6.45, 7) is 5.49. The zero-order valence-electron chi connectivity index (χ0n) is 12.4. The second-order valence-electron chi connectivity index (χ2n) is 5.01. The van der Waals surface area contributed by atoms with Gasteiger partial charge in [0.15, 0.2) is 0 Å². The molecule has 0 aliphatic rings. The Morgan fingerprint density at radius 3 is 2.43 bits per heavy atom. The van der Waals surface area contributed by atoms with Crippen molar-refractivity contribution in [2.45, 2.75) is 40.0 Å². The van der Waals surface area contributed by atoms with Crippen LogP contribution in [0.15, 0.2) is 0 Å². The molecule has 1 heterocycles. The van der Waals surface area contributed by atoms with Crippen molar-refractivity contribution in [3.05, 3.63) is 16.0 Å². The summed E-state index contributed by atoms with van der Waals surface area (Å²) in [6, 6.07) is 0. The molecule has 21 heavy (non-hydrogen) atoms. The van der Waals surface area contributed by atoms with Gasteiger partial charge in [0.05, 0.1) is 5.56 Å². The van der Waals surface area contributed by atoms with Crippen LogP contribution in [0.2, 0.25) is 0 Å². The molecule has 1 rings (SSSR count). The van der Waals surface area contributed by atoms with E-state index in [1.807, 2.05) is 13.8 Å². The zero-order valence-corrected chi connectivity index (χ0v) is 13.2. The minimum Gasteiger partial charge on any atom is -0.481 e. The number of thiophene rings is 1. The number of anilines is 1. The Balaban J connectivity index is 2.86. The number of carboxylic acid groups (broad SMARTS) is 1. The first-order chi connectivity index (χ1) is 9.76. The molecule has 0 aliphatic heterocycles. The molecule has 1 aromatic rings. The van der Waals surface area contributed by atoms with E-state index in [4.69, 9.17) is 10.8 Å². The van der Waals surface area contributed by atoms with Crippen LogP contribution in [-0.2, 0) is 16.0 Å². The van der Waals surface area contributed by atoms with E-state index in [2.05, 4.69) is 5.32 Å². The van der Waals surface area contributed by atoms with Crippen LogP contribution in [-0.4, -0.2) is 22.9 Å². The number of carboxylic acids is 1. The second kappa shape index (κ2) is 7.21. The number of nitrogens with one attached hydrogen (secondary N) is 1. The molecule has 116 valence electrons. The van der Waals surface area contributed by atoms with Crippen LogP contribution in [0.5, 0.6) is 0 Å². The fourth-order valence-corrected chi connectivity index (χ4v) is 3.38. The predicted molar refractivity (Wildman–Crippen MR) is 81.6 cm³/mol. The van der Waals surface area contributed by atoms with Crippen molar-refractivity contribution < 1.29 is 19.5 Å². The first-order valence-corrected chi connectivity index (χ1v) is 7.51. The molecule has 6 nitrogen and oxygen atoms in total. The monoisotopic (exact) mass is 312 g/mol. The van der Waals surface area contributed by atoms with Gasteiger partial charge in [-0.1, -0.05) is 13.8 Å².